The topological polar surface area (TPSA) is 69.4 Å². The molecule has 0 unspecified atom stereocenters. The van der Waals surface area contributed by atoms with Gasteiger partial charge in [-0.15, -0.1) is 10.2 Å². The van der Waals surface area contributed by atoms with Crippen LogP contribution >= 0.6 is 11.3 Å². The van der Waals surface area contributed by atoms with E-state index in [1.54, 1.807) is 12.3 Å². The Morgan fingerprint density at radius 3 is 2.65 bits per heavy atom. The molecule has 4 rings (SSSR count). The highest BCUT2D eigenvalue weighted by Crippen LogP contribution is 2.30. The van der Waals surface area contributed by atoms with E-state index in [1.807, 2.05) is 55.6 Å². The second kappa shape index (κ2) is 9.58. The number of pyridine rings is 1. The number of benzene rings is 1. The number of halogens is 2. The van der Waals surface area contributed by atoms with E-state index in [2.05, 4.69) is 15.2 Å². The number of carbonyl (C=O) groups excluding carboxylic acids is 1. The Kier molecular flexibility index (Phi) is 6.74. The molecule has 0 atom stereocenters. The van der Waals surface area contributed by atoms with Gasteiger partial charge < -0.3 is 4.74 Å². The summed E-state index contributed by atoms with van der Waals surface area (Å²) in [6.07, 6.45) is 3.08. The van der Waals surface area contributed by atoms with E-state index < -0.39 is 12.3 Å². The van der Waals surface area contributed by atoms with Gasteiger partial charge in [-0.3, -0.25) is 9.20 Å². The van der Waals surface area contributed by atoms with Gasteiger partial charge in [0.15, 0.2) is 0 Å². The van der Waals surface area contributed by atoms with Gasteiger partial charge in [0.1, 0.15) is 27.2 Å². The van der Waals surface area contributed by atoms with Crippen LogP contribution < -0.4 is 4.74 Å². The van der Waals surface area contributed by atoms with Crippen molar-refractivity contribution in [3.05, 3.63) is 53.3 Å². The molecule has 0 radical (unpaired) electrons. The van der Waals surface area contributed by atoms with E-state index >= 15 is 0 Å². The quantitative estimate of drug-likeness (QED) is 0.284. The van der Waals surface area contributed by atoms with Gasteiger partial charge in [-0.1, -0.05) is 11.3 Å². The fraction of sp³-hybridized carbons (Fsp3) is 0.360. The molecule has 0 fully saturated rings. The molecule has 0 saturated carbocycles. The molecule has 0 aliphatic rings. The highest BCUT2D eigenvalue weighted by Gasteiger charge is 2.22. The fourth-order valence-electron chi connectivity index (χ4n) is 3.67. The van der Waals surface area contributed by atoms with Gasteiger partial charge in [0.05, 0.1) is 18.0 Å². The van der Waals surface area contributed by atoms with Crippen LogP contribution in [0.1, 0.15) is 44.2 Å². The first-order valence-electron chi connectivity index (χ1n) is 11.1. The smallest absolute Gasteiger partial charge is 0.245 e. The minimum Gasteiger partial charge on any atom is -0.491 e. The van der Waals surface area contributed by atoms with Crippen molar-refractivity contribution < 1.29 is 18.3 Å². The summed E-state index contributed by atoms with van der Waals surface area (Å²) in [6.45, 7) is 6.59. The van der Waals surface area contributed by atoms with Gasteiger partial charge in [-0.05, 0) is 63.6 Å². The van der Waals surface area contributed by atoms with Crippen molar-refractivity contribution in [1.29, 1.82) is 0 Å². The monoisotopic (exact) mass is 484 g/mol. The Morgan fingerprint density at radius 2 is 1.97 bits per heavy atom. The molecule has 0 aliphatic heterocycles. The van der Waals surface area contributed by atoms with E-state index in [-0.39, 0.29) is 24.7 Å². The number of rotatable bonds is 9. The number of ketones is 1. The van der Waals surface area contributed by atoms with Crippen LogP contribution in [0.2, 0.25) is 0 Å². The lowest BCUT2D eigenvalue weighted by atomic mass is 10.0. The molecule has 178 valence electrons. The van der Waals surface area contributed by atoms with Crippen molar-refractivity contribution in [2.24, 2.45) is 0 Å². The molecule has 4 aromatic rings. The number of alkyl halides is 2. The molecule has 0 bridgehead atoms. The summed E-state index contributed by atoms with van der Waals surface area (Å²) in [5.41, 5.74) is 4.06. The third kappa shape index (κ3) is 5.83. The summed E-state index contributed by atoms with van der Waals surface area (Å²) in [5.74, 6) is -2.47. The van der Waals surface area contributed by atoms with Crippen molar-refractivity contribution in [2.45, 2.75) is 59.0 Å². The summed E-state index contributed by atoms with van der Waals surface area (Å²) >= 11 is 1.52. The number of aryl methyl sites for hydroxylation is 1. The number of imidazole rings is 1. The normalized spacial score (nSPS) is 12.0. The lowest BCUT2D eigenvalue weighted by molar-refractivity contribution is -0.120. The maximum Gasteiger partial charge on any atom is 0.245 e. The van der Waals surface area contributed by atoms with Crippen LogP contribution in [0.5, 0.6) is 5.75 Å². The molecule has 34 heavy (non-hydrogen) atoms. The molecular weight excluding hydrogens is 458 g/mol. The molecule has 0 amide bonds. The second-order valence-corrected chi connectivity index (χ2v) is 9.91. The number of aromatic nitrogens is 4. The van der Waals surface area contributed by atoms with Crippen LogP contribution in [-0.2, 0) is 11.2 Å². The maximum atomic E-state index is 13.2. The zero-order chi connectivity index (χ0) is 24.5. The number of ether oxygens (including phenoxy) is 1. The number of hydrogen-bond acceptors (Lipinski definition) is 6. The Morgan fingerprint density at radius 1 is 1.18 bits per heavy atom. The minimum absolute atomic E-state index is 0.0577. The number of carbonyl (C=O) groups is 1. The molecule has 3 aromatic heterocycles. The number of nitrogens with zero attached hydrogens (tertiary/aromatic N) is 4. The summed E-state index contributed by atoms with van der Waals surface area (Å²) in [5, 5.41) is 10.0. The Balaban J connectivity index is 1.67. The van der Waals surface area contributed by atoms with Crippen LogP contribution in [0.3, 0.4) is 0 Å². The minimum atomic E-state index is -2.85. The summed E-state index contributed by atoms with van der Waals surface area (Å²) < 4.78 is 34.2. The first-order chi connectivity index (χ1) is 16.1. The lowest BCUT2D eigenvalue weighted by Gasteiger charge is -2.14. The van der Waals surface area contributed by atoms with Crippen LogP contribution in [-0.4, -0.2) is 37.4 Å². The third-order valence-electron chi connectivity index (χ3n) is 5.16. The van der Waals surface area contributed by atoms with Crippen LogP contribution in [0.15, 0.2) is 42.7 Å². The van der Waals surface area contributed by atoms with Gasteiger partial charge in [0, 0.05) is 36.6 Å². The number of fused-ring (bicyclic) bond motifs is 1. The van der Waals surface area contributed by atoms with Gasteiger partial charge in [-0.25, -0.2) is 13.8 Å². The van der Waals surface area contributed by atoms with Crippen molar-refractivity contribution in [3.63, 3.8) is 0 Å². The van der Waals surface area contributed by atoms with Crippen LogP contribution in [0, 0.1) is 6.92 Å². The van der Waals surface area contributed by atoms with Gasteiger partial charge >= 0.3 is 0 Å². The van der Waals surface area contributed by atoms with Gasteiger partial charge in [-0.2, -0.15) is 0 Å². The Bertz CT molecular complexity index is 1320. The highest BCUT2D eigenvalue weighted by atomic mass is 32.1. The predicted molar refractivity (Wildman–Crippen MR) is 129 cm³/mol. The van der Waals surface area contributed by atoms with Crippen molar-refractivity contribution in [3.8, 4) is 27.6 Å². The first-order valence-corrected chi connectivity index (χ1v) is 11.9. The molecule has 3 heterocycles. The molecule has 0 spiro atoms. The fourth-order valence-corrected chi connectivity index (χ4v) is 4.35. The van der Waals surface area contributed by atoms with Crippen molar-refractivity contribution in [1.82, 2.24) is 19.6 Å². The Labute approximate surface area is 200 Å². The number of Topliss-reactive ketones (excluding diaryl/α,β-unsaturated/α-hetero) is 1. The van der Waals surface area contributed by atoms with Crippen molar-refractivity contribution in [2.75, 3.05) is 0 Å². The molecule has 6 nitrogen and oxygen atoms in total. The molecule has 0 aliphatic carbocycles. The summed E-state index contributed by atoms with van der Waals surface area (Å²) in [4.78, 5) is 16.9. The molecule has 0 N–H and O–H groups in total. The average Bonchev–Trinajstić information content (AvgIpc) is 3.37. The predicted octanol–water partition coefficient (Wildman–Crippen LogP) is 6.16. The van der Waals surface area contributed by atoms with Crippen LogP contribution in [0.25, 0.3) is 27.5 Å². The van der Waals surface area contributed by atoms with E-state index in [1.165, 1.54) is 11.3 Å². The van der Waals surface area contributed by atoms with E-state index in [9.17, 15) is 13.6 Å². The zero-order valence-corrected chi connectivity index (χ0v) is 20.3. The maximum absolute atomic E-state index is 13.2. The SMILES string of the molecule is Cc1nnc(-c2ccn3c(-c4cc(CC(=O)CCC(C)(F)F)cc(OC(C)C)c4)cnc3c2)s1. The average molecular weight is 485 g/mol. The zero-order valence-electron chi connectivity index (χ0n) is 19.5. The molecule has 9 heteroatoms. The molecule has 0 saturated heterocycles. The second-order valence-electron chi connectivity index (χ2n) is 8.73. The lowest BCUT2D eigenvalue weighted by Crippen LogP contribution is -2.13. The molecular formula is C25H26F2N4O2S. The van der Waals surface area contributed by atoms with E-state index in [0.717, 1.165) is 39.4 Å². The largest absolute Gasteiger partial charge is 0.491 e. The van der Waals surface area contributed by atoms with Gasteiger partial charge in [0.2, 0.25) is 5.92 Å². The summed E-state index contributed by atoms with van der Waals surface area (Å²) in [7, 11) is 0. The standard InChI is InChI=1S/C25H26F2N4O2S/c1-15(2)33-21-11-17(10-20(32)5-7-25(4,26)27)9-19(12-21)22-14-28-23-13-18(6-8-31(22)23)24-30-29-16(3)34-24/h6,8-9,11-15H,5,7,10H2,1-4H3. The van der Waals surface area contributed by atoms with E-state index in [0.29, 0.717) is 11.3 Å². The summed E-state index contributed by atoms with van der Waals surface area (Å²) in [6, 6.07) is 9.50. The van der Waals surface area contributed by atoms with E-state index in [4.69, 9.17) is 4.74 Å². The highest BCUT2D eigenvalue weighted by molar-refractivity contribution is 7.14. The van der Waals surface area contributed by atoms with Crippen molar-refractivity contribution >= 4 is 22.8 Å². The number of hydrogen-bond donors (Lipinski definition) is 0. The first kappa shape index (κ1) is 23.9. The van der Waals surface area contributed by atoms with Gasteiger partial charge in [0.25, 0.3) is 0 Å². The Hall–Kier alpha value is -3.20. The molecule has 1 aromatic carbocycles. The van der Waals surface area contributed by atoms with Crippen LogP contribution in [0.4, 0.5) is 8.78 Å². The third-order valence-corrected chi connectivity index (χ3v) is 6.05.